The Hall–Kier alpha value is -4.25. The lowest BCUT2D eigenvalue weighted by molar-refractivity contribution is 0.0989. The number of Topliss-reactive ketones (excluding diaryl/α,β-unsaturated/α-hetero) is 1. The average molecular weight is 577 g/mol. The smallest absolute Gasteiger partial charge is 0.299 e. The van der Waals surface area contributed by atoms with Crippen molar-refractivity contribution in [1.29, 1.82) is 0 Å². The minimum absolute atomic E-state index is 0.0935. The first kappa shape index (κ1) is 26.9. The summed E-state index contributed by atoms with van der Waals surface area (Å²) in [5.74, 6) is -0.281. The molecule has 1 aliphatic rings. The zero-order valence-corrected chi connectivity index (χ0v) is 23.7. The zero-order chi connectivity index (χ0) is 28.9. The number of piperidine rings is 1. The number of benzene rings is 2. The Balaban J connectivity index is 1.50. The third kappa shape index (κ3) is 4.94. The Kier molecular flexibility index (Phi) is 6.77. The molecule has 5 aromatic rings. The molecule has 1 fully saturated rings. The van der Waals surface area contributed by atoms with Gasteiger partial charge in [-0.05, 0) is 60.9 Å². The van der Waals surface area contributed by atoms with Gasteiger partial charge in [0.25, 0.3) is 6.01 Å². The van der Waals surface area contributed by atoms with Crippen molar-refractivity contribution in [2.75, 3.05) is 35.6 Å². The number of sulfonamides is 1. The lowest BCUT2D eigenvalue weighted by Crippen LogP contribution is -2.35. The van der Waals surface area contributed by atoms with Crippen LogP contribution in [0.5, 0.6) is 0 Å². The number of pyridine rings is 1. The summed E-state index contributed by atoms with van der Waals surface area (Å²) in [7, 11) is -2.11. The summed E-state index contributed by atoms with van der Waals surface area (Å²) >= 11 is 0. The third-order valence-corrected chi connectivity index (χ3v) is 8.86. The summed E-state index contributed by atoms with van der Waals surface area (Å²) in [5, 5.41) is 0.597. The van der Waals surface area contributed by atoms with Crippen LogP contribution in [0.15, 0.2) is 63.6 Å². The number of fused-ring (bicyclic) bond motifs is 2. The van der Waals surface area contributed by atoms with Gasteiger partial charge in [0, 0.05) is 55.7 Å². The summed E-state index contributed by atoms with van der Waals surface area (Å²) in [4.78, 5) is 24.1. The predicted octanol–water partition coefficient (Wildman–Crippen LogP) is 6.15. The number of anilines is 2. The molecule has 41 heavy (non-hydrogen) atoms. The number of nitrogens with zero attached hydrogens (tertiary/aromatic N) is 4. The van der Waals surface area contributed by atoms with Crippen molar-refractivity contribution in [3.05, 3.63) is 71.7 Å². The van der Waals surface area contributed by atoms with Crippen LogP contribution in [0.25, 0.3) is 33.5 Å². The second-order valence-electron chi connectivity index (χ2n) is 10.3. The van der Waals surface area contributed by atoms with E-state index in [1.807, 2.05) is 17.0 Å². The molecule has 0 N–H and O–H groups in total. The molecule has 1 saturated heterocycles. The molecular formula is C30H29FN4O5S. The van der Waals surface area contributed by atoms with Gasteiger partial charge in [0.1, 0.15) is 17.2 Å². The SMILES string of the molecule is CCC(=O)c1c(-c2ccc(F)cc2)oc2cc(N(C)S(C)(=O)=O)c([C@@H]3CCCN(c4nc5ncccc5o4)C3)cc12. The Bertz CT molecular complexity index is 1850. The number of hydrogen-bond acceptors (Lipinski definition) is 8. The van der Waals surface area contributed by atoms with E-state index in [2.05, 4.69) is 9.97 Å². The molecular weight excluding hydrogens is 547 g/mol. The number of carbonyl (C=O) groups is 1. The molecule has 0 spiro atoms. The van der Waals surface area contributed by atoms with Gasteiger partial charge in [-0.3, -0.25) is 9.10 Å². The van der Waals surface area contributed by atoms with Crippen LogP contribution < -0.4 is 9.21 Å². The van der Waals surface area contributed by atoms with Gasteiger partial charge in [-0.1, -0.05) is 6.92 Å². The first-order valence-electron chi connectivity index (χ1n) is 13.4. The van der Waals surface area contributed by atoms with E-state index in [9.17, 15) is 17.6 Å². The maximum atomic E-state index is 13.7. The van der Waals surface area contributed by atoms with Crippen molar-refractivity contribution >= 4 is 49.7 Å². The van der Waals surface area contributed by atoms with Gasteiger partial charge in [0.05, 0.1) is 17.5 Å². The van der Waals surface area contributed by atoms with E-state index in [4.69, 9.17) is 8.83 Å². The second kappa shape index (κ2) is 10.3. The Morgan fingerprint density at radius 1 is 1.15 bits per heavy atom. The van der Waals surface area contributed by atoms with Crippen LogP contribution in [-0.4, -0.2) is 50.6 Å². The normalized spacial score (nSPS) is 16.0. The zero-order valence-electron chi connectivity index (χ0n) is 22.9. The molecule has 9 nitrogen and oxygen atoms in total. The molecule has 3 aromatic heterocycles. The van der Waals surface area contributed by atoms with E-state index in [0.29, 0.717) is 57.3 Å². The summed E-state index contributed by atoms with van der Waals surface area (Å²) in [5.41, 5.74) is 3.72. The van der Waals surface area contributed by atoms with E-state index in [0.717, 1.165) is 31.2 Å². The maximum Gasteiger partial charge on any atom is 0.299 e. The van der Waals surface area contributed by atoms with Gasteiger partial charge in [-0.15, -0.1) is 0 Å². The summed E-state index contributed by atoms with van der Waals surface area (Å²) in [6, 6.07) is 13.4. The molecule has 0 aliphatic carbocycles. The highest BCUT2D eigenvalue weighted by molar-refractivity contribution is 7.92. The second-order valence-corrected chi connectivity index (χ2v) is 12.3. The molecule has 0 bridgehead atoms. The van der Waals surface area contributed by atoms with Crippen LogP contribution in [0, 0.1) is 5.82 Å². The lowest BCUT2D eigenvalue weighted by Gasteiger charge is -2.34. The van der Waals surface area contributed by atoms with Crippen LogP contribution in [0.1, 0.15) is 48.0 Å². The molecule has 6 rings (SSSR count). The number of rotatable bonds is 7. The summed E-state index contributed by atoms with van der Waals surface area (Å²) < 4.78 is 52.6. The number of furan rings is 1. The van der Waals surface area contributed by atoms with E-state index in [-0.39, 0.29) is 18.1 Å². The molecule has 0 radical (unpaired) electrons. The van der Waals surface area contributed by atoms with Crippen LogP contribution in [0.4, 0.5) is 16.1 Å². The third-order valence-electron chi connectivity index (χ3n) is 7.67. The van der Waals surface area contributed by atoms with Crippen LogP contribution in [0.2, 0.25) is 0 Å². The number of carbonyl (C=O) groups excluding carboxylic acids is 1. The van der Waals surface area contributed by atoms with E-state index < -0.39 is 15.8 Å². The van der Waals surface area contributed by atoms with E-state index >= 15 is 0 Å². The van der Waals surface area contributed by atoms with Crippen molar-refractivity contribution < 1.29 is 26.4 Å². The first-order chi connectivity index (χ1) is 19.6. The number of oxazole rings is 1. The highest BCUT2D eigenvalue weighted by Gasteiger charge is 2.31. The van der Waals surface area contributed by atoms with E-state index in [1.54, 1.807) is 37.4 Å². The van der Waals surface area contributed by atoms with Crippen molar-refractivity contribution in [2.45, 2.75) is 32.1 Å². The molecule has 0 saturated carbocycles. The molecule has 4 heterocycles. The van der Waals surface area contributed by atoms with Crippen molar-refractivity contribution in [3.8, 4) is 11.3 Å². The molecule has 0 unspecified atom stereocenters. The van der Waals surface area contributed by atoms with Crippen LogP contribution in [-0.2, 0) is 10.0 Å². The van der Waals surface area contributed by atoms with E-state index in [1.165, 1.54) is 23.5 Å². The highest BCUT2D eigenvalue weighted by atomic mass is 32.2. The molecule has 2 aromatic carbocycles. The monoisotopic (exact) mass is 576 g/mol. The Labute approximate surface area is 236 Å². The van der Waals surface area contributed by atoms with Gasteiger partial charge < -0.3 is 13.7 Å². The number of aromatic nitrogens is 2. The Morgan fingerprint density at radius 2 is 1.93 bits per heavy atom. The number of halogens is 1. The Morgan fingerprint density at radius 3 is 2.63 bits per heavy atom. The fourth-order valence-electron chi connectivity index (χ4n) is 5.48. The average Bonchev–Trinajstić information content (AvgIpc) is 3.57. The molecule has 1 atom stereocenters. The fraction of sp³-hybridized carbons (Fsp3) is 0.300. The van der Waals surface area contributed by atoms with Gasteiger partial charge in [0.2, 0.25) is 15.7 Å². The molecule has 11 heteroatoms. The van der Waals surface area contributed by atoms with Crippen LogP contribution >= 0.6 is 0 Å². The largest absolute Gasteiger partial charge is 0.455 e. The van der Waals surface area contributed by atoms with Crippen LogP contribution in [0.3, 0.4) is 0 Å². The quantitative estimate of drug-likeness (QED) is 0.212. The molecule has 0 amide bonds. The topological polar surface area (TPSA) is 110 Å². The molecule has 212 valence electrons. The summed E-state index contributed by atoms with van der Waals surface area (Å²) in [6.45, 7) is 3.03. The standard InChI is InChI=1S/C30H29FN4O5S/c1-4-24(36)27-22-15-21(19-7-6-14-35(17-19)30-33-29-25(40-30)8-5-13-32-29)23(34(2)41(3,37)38)16-26(22)39-28(27)18-9-11-20(31)12-10-18/h5,8-13,15-16,19H,4,6-7,14,17H2,1-3H3/t19-/m1/s1. The minimum atomic E-state index is -3.62. The summed E-state index contributed by atoms with van der Waals surface area (Å²) in [6.07, 6.45) is 4.68. The highest BCUT2D eigenvalue weighted by Crippen LogP contribution is 2.42. The van der Waals surface area contributed by atoms with Gasteiger partial charge in [-0.25, -0.2) is 17.8 Å². The van der Waals surface area contributed by atoms with Gasteiger partial charge in [0.15, 0.2) is 11.4 Å². The van der Waals surface area contributed by atoms with Crippen molar-refractivity contribution in [2.24, 2.45) is 0 Å². The van der Waals surface area contributed by atoms with Gasteiger partial charge in [-0.2, -0.15) is 4.98 Å². The maximum absolute atomic E-state index is 13.7. The number of ketones is 1. The number of hydrogen-bond donors (Lipinski definition) is 0. The predicted molar refractivity (Wildman–Crippen MR) is 155 cm³/mol. The van der Waals surface area contributed by atoms with Gasteiger partial charge >= 0.3 is 0 Å². The fourth-order valence-corrected chi connectivity index (χ4v) is 6.00. The van der Waals surface area contributed by atoms with Crippen molar-refractivity contribution in [3.63, 3.8) is 0 Å². The minimum Gasteiger partial charge on any atom is -0.455 e. The first-order valence-corrected chi connectivity index (χ1v) is 15.3. The molecule has 1 aliphatic heterocycles. The van der Waals surface area contributed by atoms with Crippen molar-refractivity contribution in [1.82, 2.24) is 9.97 Å². The lowest BCUT2D eigenvalue weighted by atomic mass is 9.88.